The standard InChI is InChI=1S/C14H19F2NO2/c1-2-18-13-7-11(9-17-8-10-3-4-10)5-6-12(13)19-14(15)16/h5-7,10,14,17H,2-4,8-9H2,1H3. The molecule has 0 saturated heterocycles. The molecule has 0 amide bonds. The zero-order chi connectivity index (χ0) is 13.7. The molecule has 1 aromatic carbocycles. The Morgan fingerprint density at radius 3 is 2.74 bits per heavy atom. The highest BCUT2D eigenvalue weighted by Gasteiger charge is 2.20. The molecule has 0 atom stereocenters. The Hall–Kier alpha value is -1.36. The molecule has 2 rings (SSSR count). The average molecular weight is 271 g/mol. The van der Waals surface area contributed by atoms with E-state index in [1.165, 1.54) is 18.9 Å². The van der Waals surface area contributed by atoms with E-state index in [1.54, 1.807) is 12.1 Å². The second kappa shape index (κ2) is 6.70. The van der Waals surface area contributed by atoms with Crippen LogP contribution in [0.25, 0.3) is 0 Å². The van der Waals surface area contributed by atoms with E-state index in [1.807, 2.05) is 6.92 Å². The van der Waals surface area contributed by atoms with Gasteiger partial charge in [-0.2, -0.15) is 8.78 Å². The van der Waals surface area contributed by atoms with Gasteiger partial charge in [0.05, 0.1) is 6.61 Å². The van der Waals surface area contributed by atoms with Crippen LogP contribution in [0.5, 0.6) is 11.5 Å². The molecule has 3 nitrogen and oxygen atoms in total. The summed E-state index contributed by atoms with van der Waals surface area (Å²) in [6, 6.07) is 5.06. The molecule has 0 aliphatic heterocycles. The van der Waals surface area contributed by atoms with Crippen LogP contribution in [0.1, 0.15) is 25.3 Å². The first-order chi connectivity index (χ1) is 9.19. The molecule has 1 aromatic rings. The first-order valence-corrected chi connectivity index (χ1v) is 6.60. The maximum absolute atomic E-state index is 12.2. The lowest BCUT2D eigenvalue weighted by atomic mass is 10.2. The van der Waals surface area contributed by atoms with E-state index in [4.69, 9.17) is 4.74 Å². The minimum Gasteiger partial charge on any atom is -0.490 e. The molecule has 0 spiro atoms. The van der Waals surface area contributed by atoms with E-state index in [0.29, 0.717) is 18.9 Å². The van der Waals surface area contributed by atoms with Gasteiger partial charge >= 0.3 is 6.61 Å². The Morgan fingerprint density at radius 2 is 2.11 bits per heavy atom. The first-order valence-electron chi connectivity index (χ1n) is 6.60. The molecule has 0 heterocycles. The van der Waals surface area contributed by atoms with Crippen molar-refractivity contribution in [3.05, 3.63) is 23.8 Å². The fraction of sp³-hybridized carbons (Fsp3) is 0.571. The largest absolute Gasteiger partial charge is 0.490 e. The smallest absolute Gasteiger partial charge is 0.387 e. The Kier molecular flexibility index (Phi) is 4.96. The highest BCUT2D eigenvalue weighted by molar-refractivity contribution is 5.43. The molecule has 0 unspecified atom stereocenters. The Bertz CT molecular complexity index is 408. The predicted octanol–water partition coefficient (Wildman–Crippen LogP) is 3.19. The van der Waals surface area contributed by atoms with Gasteiger partial charge in [0.25, 0.3) is 0 Å². The summed E-state index contributed by atoms with van der Waals surface area (Å²) in [7, 11) is 0. The molecule has 0 radical (unpaired) electrons. The number of ether oxygens (including phenoxy) is 2. The zero-order valence-electron chi connectivity index (χ0n) is 11.0. The second-order valence-corrected chi connectivity index (χ2v) is 4.67. The monoisotopic (exact) mass is 271 g/mol. The van der Waals surface area contributed by atoms with Gasteiger partial charge in [0.1, 0.15) is 0 Å². The van der Waals surface area contributed by atoms with Crippen LogP contribution in [0.4, 0.5) is 8.78 Å². The highest BCUT2D eigenvalue weighted by Crippen LogP contribution is 2.30. The van der Waals surface area contributed by atoms with Gasteiger partial charge in [0.2, 0.25) is 0 Å². The predicted molar refractivity (Wildman–Crippen MR) is 68.7 cm³/mol. The van der Waals surface area contributed by atoms with Crippen LogP contribution in [-0.2, 0) is 6.54 Å². The second-order valence-electron chi connectivity index (χ2n) is 4.67. The van der Waals surface area contributed by atoms with Crippen LogP contribution < -0.4 is 14.8 Å². The molecule has 1 fully saturated rings. The summed E-state index contributed by atoms with van der Waals surface area (Å²) < 4.78 is 34.3. The van der Waals surface area contributed by atoms with Crippen LogP contribution in [0.3, 0.4) is 0 Å². The quantitative estimate of drug-likeness (QED) is 0.787. The minimum absolute atomic E-state index is 0.0859. The first kappa shape index (κ1) is 14.1. The Balaban J connectivity index is 1.96. The summed E-state index contributed by atoms with van der Waals surface area (Å²) in [5, 5.41) is 3.35. The molecule has 0 aromatic heterocycles. The normalized spacial score (nSPS) is 14.7. The summed E-state index contributed by atoms with van der Waals surface area (Å²) in [5.41, 5.74) is 1.01. The number of rotatable bonds is 8. The van der Waals surface area contributed by atoms with Crippen molar-refractivity contribution in [3.63, 3.8) is 0 Å². The maximum atomic E-state index is 12.2. The van der Waals surface area contributed by atoms with Crippen LogP contribution in [0.15, 0.2) is 18.2 Å². The SMILES string of the molecule is CCOc1cc(CNCC2CC2)ccc1OC(F)F. The van der Waals surface area contributed by atoms with E-state index in [2.05, 4.69) is 10.1 Å². The molecule has 0 bridgehead atoms. The number of hydrogen-bond acceptors (Lipinski definition) is 3. The summed E-state index contributed by atoms with van der Waals surface area (Å²) in [6.07, 6.45) is 2.61. The fourth-order valence-corrected chi connectivity index (χ4v) is 1.87. The Labute approximate surface area is 111 Å². The van der Waals surface area contributed by atoms with Gasteiger partial charge in [0.15, 0.2) is 11.5 Å². The molecule has 1 saturated carbocycles. The topological polar surface area (TPSA) is 30.5 Å². The summed E-state index contributed by atoms with van der Waals surface area (Å²) in [4.78, 5) is 0. The molecule has 1 N–H and O–H groups in total. The van der Waals surface area contributed by atoms with E-state index in [0.717, 1.165) is 18.0 Å². The molecule has 1 aliphatic carbocycles. The van der Waals surface area contributed by atoms with Crippen molar-refractivity contribution < 1.29 is 18.3 Å². The van der Waals surface area contributed by atoms with Gasteiger partial charge in [-0.1, -0.05) is 6.07 Å². The Morgan fingerprint density at radius 1 is 1.32 bits per heavy atom. The van der Waals surface area contributed by atoms with Gasteiger partial charge in [-0.05, 0) is 49.9 Å². The highest BCUT2D eigenvalue weighted by atomic mass is 19.3. The van der Waals surface area contributed by atoms with Crippen molar-refractivity contribution in [1.29, 1.82) is 0 Å². The summed E-state index contributed by atoms with van der Waals surface area (Å²) >= 11 is 0. The van der Waals surface area contributed by atoms with Gasteiger partial charge in [-0.15, -0.1) is 0 Å². The molecule has 106 valence electrons. The lowest BCUT2D eigenvalue weighted by Crippen LogP contribution is -2.16. The van der Waals surface area contributed by atoms with E-state index < -0.39 is 6.61 Å². The van der Waals surface area contributed by atoms with Crippen LogP contribution in [-0.4, -0.2) is 19.8 Å². The van der Waals surface area contributed by atoms with Gasteiger partial charge in [0, 0.05) is 6.54 Å². The molecular formula is C14H19F2NO2. The van der Waals surface area contributed by atoms with Gasteiger partial charge in [-0.25, -0.2) is 0 Å². The van der Waals surface area contributed by atoms with Crippen molar-refractivity contribution >= 4 is 0 Å². The van der Waals surface area contributed by atoms with Crippen molar-refractivity contribution in [3.8, 4) is 11.5 Å². The minimum atomic E-state index is -2.84. The van der Waals surface area contributed by atoms with Crippen LogP contribution >= 0.6 is 0 Å². The number of halogens is 2. The van der Waals surface area contributed by atoms with Crippen molar-refractivity contribution in [2.24, 2.45) is 5.92 Å². The summed E-state index contributed by atoms with van der Waals surface area (Å²) in [5.74, 6) is 1.27. The third-order valence-electron chi connectivity index (χ3n) is 2.98. The molecule has 19 heavy (non-hydrogen) atoms. The molecule has 1 aliphatic rings. The third-order valence-corrected chi connectivity index (χ3v) is 2.98. The lowest BCUT2D eigenvalue weighted by molar-refractivity contribution is -0.0514. The van der Waals surface area contributed by atoms with E-state index in [-0.39, 0.29) is 5.75 Å². The van der Waals surface area contributed by atoms with E-state index >= 15 is 0 Å². The van der Waals surface area contributed by atoms with E-state index in [9.17, 15) is 8.78 Å². The number of benzene rings is 1. The molecular weight excluding hydrogens is 252 g/mol. The van der Waals surface area contributed by atoms with Gasteiger partial charge < -0.3 is 14.8 Å². The fourth-order valence-electron chi connectivity index (χ4n) is 1.87. The van der Waals surface area contributed by atoms with Crippen molar-refractivity contribution in [1.82, 2.24) is 5.32 Å². The zero-order valence-corrected chi connectivity index (χ0v) is 11.0. The van der Waals surface area contributed by atoms with Crippen LogP contribution in [0.2, 0.25) is 0 Å². The average Bonchev–Trinajstić information content (AvgIpc) is 3.16. The number of alkyl halides is 2. The van der Waals surface area contributed by atoms with Crippen molar-refractivity contribution in [2.45, 2.75) is 32.9 Å². The number of nitrogens with one attached hydrogen (secondary N) is 1. The van der Waals surface area contributed by atoms with Crippen molar-refractivity contribution in [2.75, 3.05) is 13.2 Å². The maximum Gasteiger partial charge on any atom is 0.387 e. The van der Waals surface area contributed by atoms with Crippen LogP contribution in [0, 0.1) is 5.92 Å². The number of hydrogen-bond donors (Lipinski definition) is 1. The molecule has 5 heteroatoms. The summed E-state index contributed by atoms with van der Waals surface area (Å²) in [6.45, 7) is 1.12. The lowest BCUT2D eigenvalue weighted by Gasteiger charge is -2.13. The third kappa shape index (κ3) is 4.67. The van der Waals surface area contributed by atoms with Gasteiger partial charge in [-0.3, -0.25) is 0 Å².